The van der Waals surface area contributed by atoms with Crippen molar-refractivity contribution in [3.05, 3.63) is 65.2 Å². The van der Waals surface area contributed by atoms with Gasteiger partial charge in [-0.15, -0.1) is 0 Å². The molecule has 3 amide bonds. The van der Waals surface area contributed by atoms with Gasteiger partial charge in [0.15, 0.2) is 0 Å². The minimum Gasteiger partial charge on any atom is -0.444 e. The van der Waals surface area contributed by atoms with Gasteiger partial charge in [0.1, 0.15) is 17.7 Å². The maximum absolute atomic E-state index is 13.8. The number of hydrogen-bond acceptors (Lipinski definition) is 4. The van der Waals surface area contributed by atoms with Crippen LogP contribution in [-0.2, 0) is 20.7 Å². The normalized spacial score (nSPS) is 15.3. The lowest BCUT2D eigenvalue weighted by Gasteiger charge is -2.43. The predicted octanol–water partition coefficient (Wildman–Crippen LogP) is 5.53. The molecule has 0 saturated heterocycles. The van der Waals surface area contributed by atoms with E-state index in [-0.39, 0.29) is 17.9 Å². The fourth-order valence-corrected chi connectivity index (χ4v) is 4.24. The second-order valence-electron chi connectivity index (χ2n) is 10.5. The summed E-state index contributed by atoms with van der Waals surface area (Å²) in [6, 6.07) is 13.6. The number of nitrogens with zero attached hydrogens (tertiary/aromatic N) is 1. The van der Waals surface area contributed by atoms with Crippen LogP contribution in [0.4, 0.5) is 10.5 Å². The Morgan fingerprint density at radius 2 is 1.69 bits per heavy atom. The molecule has 7 nitrogen and oxygen atoms in total. The number of alkyl carbamates (subject to hydrolysis) is 1. The lowest BCUT2D eigenvalue weighted by Crippen LogP contribution is -2.56. The molecule has 2 aromatic rings. The highest BCUT2D eigenvalue weighted by molar-refractivity contribution is 5.99. The first-order chi connectivity index (χ1) is 17.0. The number of hydrogen-bond donors (Lipinski definition) is 2. The Morgan fingerprint density at radius 3 is 2.22 bits per heavy atom. The first-order valence-corrected chi connectivity index (χ1v) is 12.8. The van der Waals surface area contributed by atoms with Crippen LogP contribution in [0.15, 0.2) is 48.5 Å². The van der Waals surface area contributed by atoms with Crippen LogP contribution < -0.4 is 10.6 Å². The highest BCUT2D eigenvalue weighted by atomic mass is 16.6. The zero-order chi connectivity index (χ0) is 26.5. The van der Waals surface area contributed by atoms with Gasteiger partial charge in [-0.3, -0.25) is 9.59 Å². The van der Waals surface area contributed by atoms with Gasteiger partial charge in [0.05, 0.1) is 0 Å². The molecule has 1 aliphatic rings. The molecule has 0 aromatic heterocycles. The summed E-state index contributed by atoms with van der Waals surface area (Å²) < 4.78 is 5.35. The van der Waals surface area contributed by atoms with Gasteiger partial charge in [-0.05, 0) is 83.1 Å². The van der Waals surface area contributed by atoms with Crippen LogP contribution in [0, 0.1) is 6.92 Å². The van der Waals surface area contributed by atoms with Gasteiger partial charge in [0, 0.05) is 11.7 Å². The van der Waals surface area contributed by atoms with E-state index in [9.17, 15) is 14.4 Å². The number of carbonyl (C=O) groups is 3. The number of nitrogens with one attached hydrogen (secondary N) is 2. The Hall–Kier alpha value is -3.35. The Kier molecular flexibility index (Phi) is 8.77. The van der Waals surface area contributed by atoms with Gasteiger partial charge in [0.2, 0.25) is 5.91 Å². The van der Waals surface area contributed by atoms with E-state index in [1.807, 2.05) is 55.5 Å². The molecule has 2 N–H and O–H groups in total. The SMILES string of the molecule is CCc1ccc(C(C(=O)Nc2ccccc2C)N(C(=O)C(C)NC(=O)OC(C)(C)C)C2CCC2)cc1. The third-order valence-corrected chi connectivity index (χ3v) is 6.46. The van der Waals surface area contributed by atoms with Crippen molar-refractivity contribution in [3.63, 3.8) is 0 Å². The Morgan fingerprint density at radius 1 is 1.06 bits per heavy atom. The number of anilines is 1. The molecule has 1 fully saturated rings. The lowest BCUT2D eigenvalue weighted by molar-refractivity contribution is -0.145. The molecule has 2 atom stereocenters. The summed E-state index contributed by atoms with van der Waals surface area (Å²) in [7, 11) is 0. The van der Waals surface area contributed by atoms with Crippen LogP contribution in [0.25, 0.3) is 0 Å². The largest absolute Gasteiger partial charge is 0.444 e. The van der Waals surface area contributed by atoms with Gasteiger partial charge < -0.3 is 20.3 Å². The fraction of sp³-hybridized carbons (Fsp3) is 0.483. The molecule has 0 aliphatic heterocycles. The predicted molar refractivity (Wildman–Crippen MR) is 142 cm³/mol. The molecule has 36 heavy (non-hydrogen) atoms. The van der Waals surface area contributed by atoms with Crippen LogP contribution in [0.1, 0.15) is 76.6 Å². The molecule has 0 bridgehead atoms. The molecule has 2 unspecified atom stereocenters. The first kappa shape index (κ1) is 27.2. The van der Waals surface area contributed by atoms with Crippen LogP contribution in [0.5, 0.6) is 0 Å². The summed E-state index contributed by atoms with van der Waals surface area (Å²) in [5.74, 6) is -0.590. The standard InChI is InChI=1S/C29H39N3O4/c1-7-21-15-17-22(18-16-21)25(26(33)31-24-14-9-8-11-19(24)2)32(23-12-10-13-23)27(34)20(3)30-28(35)36-29(4,5)6/h8-9,11,14-18,20,23,25H,7,10,12-13H2,1-6H3,(H,30,35)(H,31,33). The van der Waals surface area contributed by atoms with Gasteiger partial charge in [0.25, 0.3) is 5.91 Å². The van der Waals surface area contributed by atoms with Crippen LogP contribution >= 0.6 is 0 Å². The van der Waals surface area contributed by atoms with Gasteiger partial charge >= 0.3 is 6.09 Å². The minimum atomic E-state index is -0.857. The summed E-state index contributed by atoms with van der Waals surface area (Å²) in [6.45, 7) is 10.9. The molecule has 0 spiro atoms. The van der Waals surface area contributed by atoms with Crippen molar-refractivity contribution in [2.75, 3.05) is 5.32 Å². The van der Waals surface area contributed by atoms with Crippen molar-refractivity contribution in [1.82, 2.24) is 10.2 Å². The molecule has 1 aliphatic carbocycles. The number of benzene rings is 2. The van der Waals surface area contributed by atoms with Crippen molar-refractivity contribution in [2.45, 2.75) is 91.0 Å². The summed E-state index contributed by atoms with van der Waals surface area (Å²) in [5, 5.41) is 5.70. The Labute approximate surface area is 214 Å². The molecule has 3 rings (SSSR count). The number of amides is 3. The van der Waals surface area contributed by atoms with E-state index in [1.54, 1.807) is 32.6 Å². The fourth-order valence-electron chi connectivity index (χ4n) is 4.24. The average molecular weight is 494 g/mol. The van der Waals surface area contributed by atoms with E-state index in [1.165, 1.54) is 0 Å². The van der Waals surface area contributed by atoms with E-state index in [0.29, 0.717) is 5.69 Å². The topological polar surface area (TPSA) is 87.7 Å². The van der Waals surface area contributed by atoms with Crippen molar-refractivity contribution in [3.8, 4) is 0 Å². The highest BCUT2D eigenvalue weighted by Crippen LogP contribution is 2.34. The van der Waals surface area contributed by atoms with Crippen molar-refractivity contribution in [2.24, 2.45) is 0 Å². The molecule has 2 aromatic carbocycles. The maximum atomic E-state index is 13.8. The second kappa shape index (κ2) is 11.6. The van der Waals surface area contributed by atoms with Crippen LogP contribution in [0.2, 0.25) is 0 Å². The van der Waals surface area contributed by atoms with Crippen LogP contribution in [-0.4, -0.2) is 40.5 Å². The van der Waals surface area contributed by atoms with Crippen LogP contribution in [0.3, 0.4) is 0 Å². The Balaban J connectivity index is 1.95. The third-order valence-electron chi connectivity index (χ3n) is 6.46. The Bertz CT molecular complexity index is 1070. The average Bonchev–Trinajstić information content (AvgIpc) is 2.77. The quantitative estimate of drug-likeness (QED) is 0.506. The van der Waals surface area contributed by atoms with Crippen molar-refractivity contribution in [1.29, 1.82) is 0 Å². The highest BCUT2D eigenvalue weighted by Gasteiger charge is 2.41. The third kappa shape index (κ3) is 6.86. The lowest BCUT2D eigenvalue weighted by atomic mass is 9.88. The summed E-state index contributed by atoms with van der Waals surface area (Å²) in [4.78, 5) is 41.7. The first-order valence-electron chi connectivity index (χ1n) is 12.8. The number of carbonyl (C=O) groups excluding carboxylic acids is 3. The number of para-hydroxylation sites is 1. The number of rotatable bonds is 8. The molecule has 194 valence electrons. The van der Waals surface area contributed by atoms with E-state index in [4.69, 9.17) is 4.74 Å². The second-order valence-corrected chi connectivity index (χ2v) is 10.5. The summed E-state index contributed by atoms with van der Waals surface area (Å²) >= 11 is 0. The molecule has 0 heterocycles. The van der Waals surface area contributed by atoms with E-state index >= 15 is 0 Å². The summed E-state index contributed by atoms with van der Waals surface area (Å²) in [5.41, 5.74) is 2.85. The van der Waals surface area contributed by atoms with E-state index in [2.05, 4.69) is 17.6 Å². The molecular formula is C29H39N3O4. The van der Waals surface area contributed by atoms with Crippen molar-refractivity contribution < 1.29 is 19.1 Å². The summed E-state index contributed by atoms with van der Waals surface area (Å²) in [6.07, 6.45) is 2.83. The number of aryl methyl sites for hydroxylation is 2. The zero-order valence-electron chi connectivity index (χ0n) is 22.3. The van der Waals surface area contributed by atoms with Gasteiger partial charge in [-0.2, -0.15) is 0 Å². The van der Waals surface area contributed by atoms with E-state index < -0.39 is 23.8 Å². The maximum Gasteiger partial charge on any atom is 0.408 e. The van der Waals surface area contributed by atoms with E-state index in [0.717, 1.165) is 42.4 Å². The molecule has 1 saturated carbocycles. The van der Waals surface area contributed by atoms with Gasteiger partial charge in [-0.1, -0.05) is 49.4 Å². The monoisotopic (exact) mass is 493 g/mol. The molecule has 0 radical (unpaired) electrons. The minimum absolute atomic E-state index is 0.0844. The van der Waals surface area contributed by atoms with Gasteiger partial charge in [-0.25, -0.2) is 4.79 Å². The molecule has 7 heteroatoms. The van der Waals surface area contributed by atoms with Crippen molar-refractivity contribution >= 4 is 23.6 Å². The number of ether oxygens (including phenoxy) is 1. The molecular weight excluding hydrogens is 454 g/mol. The zero-order valence-corrected chi connectivity index (χ0v) is 22.3. The smallest absolute Gasteiger partial charge is 0.408 e.